The van der Waals surface area contributed by atoms with Crippen molar-refractivity contribution in [2.24, 2.45) is 0 Å². The maximum Gasteiger partial charge on any atom is 0.190 e. The van der Waals surface area contributed by atoms with Crippen LogP contribution in [0.15, 0.2) is 24.3 Å². The molecule has 0 aliphatic carbocycles. The number of fused-ring (bicyclic) bond motifs is 1. The predicted molar refractivity (Wildman–Crippen MR) is 40.8 cm³/mol. The highest BCUT2D eigenvalue weighted by molar-refractivity contribution is 5.73. The van der Waals surface area contributed by atoms with E-state index in [0.29, 0.717) is 11.3 Å². The van der Waals surface area contributed by atoms with Crippen LogP contribution in [0.25, 0.3) is 0 Å². The fourth-order valence-electron chi connectivity index (χ4n) is 1.28. The molecule has 1 heterocycles. The third-order valence-corrected chi connectivity index (χ3v) is 1.86. The summed E-state index contributed by atoms with van der Waals surface area (Å²) in [6.45, 7) is -0.0460. The summed E-state index contributed by atoms with van der Waals surface area (Å²) in [7, 11) is 0. The molecule has 1 aliphatic rings. The summed E-state index contributed by atoms with van der Waals surface area (Å²) in [5.41, 5.74) is 0.508. The van der Waals surface area contributed by atoms with E-state index >= 15 is 0 Å². The zero-order valence-corrected chi connectivity index (χ0v) is 6.73. The quantitative estimate of drug-likeness (QED) is 0.601. The number of carbonyl (C=O) groups is 1. The van der Waals surface area contributed by atoms with E-state index in [4.69, 9.17) is 9.47 Å². The monoisotopic (exact) mass is 179 g/mol. The van der Waals surface area contributed by atoms with E-state index in [2.05, 4.69) is 0 Å². The summed E-state index contributed by atoms with van der Waals surface area (Å²) < 4.78 is 9.97. The zero-order valence-electron chi connectivity index (χ0n) is 6.73. The molecule has 1 aromatic carbocycles. The maximum absolute atomic E-state index is 10.6. The van der Waals surface area contributed by atoms with Gasteiger partial charge in [-0.05, 0) is 6.07 Å². The Morgan fingerprint density at radius 3 is 3.00 bits per heavy atom. The molecule has 13 heavy (non-hydrogen) atoms. The van der Waals surface area contributed by atoms with Crippen molar-refractivity contribution in [3.63, 3.8) is 0 Å². The molecule has 0 unspecified atom stereocenters. The first-order valence-electron chi connectivity index (χ1n) is 3.83. The molecule has 0 spiro atoms. The van der Waals surface area contributed by atoms with E-state index in [9.17, 15) is 9.90 Å². The average molecular weight is 179 g/mol. The Morgan fingerprint density at radius 2 is 2.23 bits per heavy atom. The van der Waals surface area contributed by atoms with Crippen molar-refractivity contribution in [1.82, 2.24) is 0 Å². The number of carboxylic acids is 1. The summed E-state index contributed by atoms with van der Waals surface area (Å²) >= 11 is 0. The lowest BCUT2D eigenvalue weighted by atomic mass is 10.1. The van der Waals surface area contributed by atoms with E-state index in [1.165, 1.54) is 0 Å². The lowest BCUT2D eigenvalue weighted by Gasteiger charge is -2.26. The molecule has 0 amide bonds. The number of hydrogen-bond donors (Lipinski definition) is 0. The van der Waals surface area contributed by atoms with Crippen LogP contribution in [0.2, 0.25) is 0 Å². The standard InChI is InChI=1S/C9H8O4/c10-9(11)8-6-3-1-2-4-7(6)12-5-13-8/h1-4,8H,5H2,(H,10,11)/p-1/t8-/m0/s1. The summed E-state index contributed by atoms with van der Waals surface area (Å²) in [6.07, 6.45) is -1.01. The van der Waals surface area contributed by atoms with E-state index in [1.54, 1.807) is 24.3 Å². The highest BCUT2D eigenvalue weighted by atomic mass is 16.7. The van der Waals surface area contributed by atoms with Gasteiger partial charge in [0.1, 0.15) is 11.9 Å². The minimum atomic E-state index is -1.24. The smallest absolute Gasteiger partial charge is 0.190 e. The van der Waals surface area contributed by atoms with Crippen molar-refractivity contribution in [3.05, 3.63) is 29.8 Å². The van der Waals surface area contributed by atoms with Gasteiger partial charge in [-0.1, -0.05) is 18.2 Å². The van der Waals surface area contributed by atoms with Gasteiger partial charge in [-0.25, -0.2) is 0 Å². The first-order chi connectivity index (χ1) is 6.29. The summed E-state index contributed by atoms with van der Waals surface area (Å²) in [5, 5.41) is 10.6. The van der Waals surface area contributed by atoms with E-state index in [0.717, 1.165) is 0 Å². The minimum absolute atomic E-state index is 0.0460. The second-order valence-electron chi connectivity index (χ2n) is 2.67. The molecular weight excluding hydrogens is 172 g/mol. The molecule has 1 aliphatic heterocycles. The van der Waals surface area contributed by atoms with Crippen LogP contribution in [0.4, 0.5) is 0 Å². The van der Waals surface area contributed by atoms with Gasteiger partial charge in [0.25, 0.3) is 0 Å². The Balaban J connectivity index is 2.42. The predicted octanol–water partition coefficient (Wildman–Crippen LogP) is -0.156. The van der Waals surface area contributed by atoms with Crippen molar-refractivity contribution in [2.45, 2.75) is 6.10 Å². The first-order valence-corrected chi connectivity index (χ1v) is 3.83. The van der Waals surface area contributed by atoms with Crippen molar-refractivity contribution < 1.29 is 19.4 Å². The summed E-state index contributed by atoms with van der Waals surface area (Å²) in [5.74, 6) is -0.696. The summed E-state index contributed by atoms with van der Waals surface area (Å²) in [6, 6.07) is 6.85. The molecule has 0 N–H and O–H groups in total. The maximum atomic E-state index is 10.6. The van der Waals surface area contributed by atoms with E-state index in [1.807, 2.05) is 0 Å². The molecular formula is C9H7O4-. The number of rotatable bonds is 1. The highest BCUT2D eigenvalue weighted by Crippen LogP contribution is 2.30. The lowest BCUT2D eigenvalue weighted by Crippen LogP contribution is -2.34. The molecule has 0 saturated heterocycles. The zero-order chi connectivity index (χ0) is 9.26. The fraction of sp³-hybridized carbons (Fsp3) is 0.222. The van der Waals surface area contributed by atoms with Gasteiger partial charge in [0.2, 0.25) is 0 Å². The Morgan fingerprint density at radius 1 is 1.46 bits per heavy atom. The Bertz CT molecular complexity index is 334. The van der Waals surface area contributed by atoms with Gasteiger partial charge in [0.05, 0.1) is 5.97 Å². The van der Waals surface area contributed by atoms with Crippen molar-refractivity contribution in [3.8, 4) is 5.75 Å². The number of ether oxygens (including phenoxy) is 2. The SMILES string of the molecule is O=C([O-])[C@H]1OCOc2ccccc21. The van der Waals surface area contributed by atoms with Crippen molar-refractivity contribution in [1.29, 1.82) is 0 Å². The third-order valence-electron chi connectivity index (χ3n) is 1.86. The molecule has 1 aromatic rings. The van der Waals surface area contributed by atoms with Gasteiger partial charge in [-0.15, -0.1) is 0 Å². The van der Waals surface area contributed by atoms with Gasteiger partial charge >= 0.3 is 0 Å². The van der Waals surface area contributed by atoms with Crippen LogP contribution in [0.1, 0.15) is 11.7 Å². The van der Waals surface area contributed by atoms with Crippen LogP contribution < -0.4 is 9.84 Å². The Kier molecular flexibility index (Phi) is 1.90. The van der Waals surface area contributed by atoms with Gasteiger partial charge in [0, 0.05) is 5.56 Å². The van der Waals surface area contributed by atoms with Crippen molar-refractivity contribution >= 4 is 5.97 Å². The summed E-state index contributed by atoms with van der Waals surface area (Å²) in [4.78, 5) is 10.6. The lowest BCUT2D eigenvalue weighted by molar-refractivity contribution is -0.320. The van der Waals surface area contributed by atoms with Crippen LogP contribution in [-0.4, -0.2) is 12.8 Å². The fourth-order valence-corrected chi connectivity index (χ4v) is 1.28. The Hall–Kier alpha value is -1.55. The average Bonchev–Trinajstić information content (AvgIpc) is 2.17. The Labute approximate surface area is 74.7 Å². The van der Waals surface area contributed by atoms with Crippen molar-refractivity contribution in [2.75, 3.05) is 6.79 Å². The molecule has 0 saturated carbocycles. The van der Waals surface area contributed by atoms with Gasteiger partial charge in [-0.2, -0.15) is 0 Å². The molecule has 4 heteroatoms. The molecule has 2 rings (SSSR count). The normalized spacial score (nSPS) is 20.2. The van der Waals surface area contributed by atoms with Gasteiger partial charge in [0.15, 0.2) is 6.79 Å². The first kappa shape index (κ1) is 8.07. The molecule has 1 atom stereocenters. The molecule has 0 bridgehead atoms. The van der Waals surface area contributed by atoms with Crippen LogP contribution in [-0.2, 0) is 9.53 Å². The molecule has 68 valence electrons. The largest absolute Gasteiger partial charge is 0.547 e. The molecule has 0 radical (unpaired) electrons. The third kappa shape index (κ3) is 1.36. The minimum Gasteiger partial charge on any atom is -0.547 e. The number of carboxylic acid groups (broad SMARTS) is 1. The molecule has 0 fully saturated rings. The molecule has 4 nitrogen and oxygen atoms in total. The van der Waals surface area contributed by atoms with Crippen LogP contribution in [0, 0.1) is 0 Å². The second kappa shape index (κ2) is 3.06. The number of para-hydroxylation sites is 1. The number of hydrogen-bond acceptors (Lipinski definition) is 4. The van der Waals surface area contributed by atoms with E-state index in [-0.39, 0.29) is 6.79 Å². The van der Waals surface area contributed by atoms with Crippen LogP contribution in [0.3, 0.4) is 0 Å². The number of carbonyl (C=O) groups excluding carboxylic acids is 1. The van der Waals surface area contributed by atoms with Crippen LogP contribution in [0.5, 0.6) is 5.75 Å². The van der Waals surface area contributed by atoms with E-state index < -0.39 is 12.1 Å². The van der Waals surface area contributed by atoms with Gasteiger partial charge < -0.3 is 19.4 Å². The molecule has 0 aromatic heterocycles. The van der Waals surface area contributed by atoms with Gasteiger partial charge in [-0.3, -0.25) is 0 Å². The highest BCUT2D eigenvalue weighted by Gasteiger charge is 2.22. The topological polar surface area (TPSA) is 58.6 Å². The van der Waals surface area contributed by atoms with Crippen LogP contribution >= 0.6 is 0 Å². The second-order valence-corrected chi connectivity index (χ2v) is 2.67. The number of aliphatic carboxylic acids is 1. The number of benzene rings is 1.